The summed E-state index contributed by atoms with van der Waals surface area (Å²) in [5.41, 5.74) is -2.32. The molecule has 1 amide bonds. The Hall–Kier alpha value is -4.10. The average molecular weight is 729 g/mol. The number of rotatable bonds is 4. The van der Waals surface area contributed by atoms with E-state index in [1.54, 1.807) is 52.2 Å². The van der Waals surface area contributed by atoms with Crippen LogP contribution < -0.4 is 10.1 Å². The predicted molar refractivity (Wildman–Crippen MR) is 140 cm³/mol. The SMILES string of the molecule is Cc1nc2c(OCc3c(F)cccc3F)cccn2c1-c1nc(I)c2c(n1)NC(=O)C2(C)C(F)(F)F.O=C(O)C(F)(F)F. The first-order valence-corrected chi connectivity index (χ1v) is 12.8. The van der Waals surface area contributed by atoms with Gasteiger partial charge in [0, 0.05) is 6.20 Å². The van der Waals surface area contributed by atoms with Crippen molar-refractivity contribution >= 4 is 45.9 Å². The summed E-state index contributed by atoms with van der Waals surface area (Å²) < 4.78 is 108. The fourth-order valence-corrected chi connectivity index (χ4v) is 5.07. The van der Waals surface area contributed by atoms with Gasteiger partial charge < -0.3 is 15.2 Å². The second-order valence-corrected chi connectivity index (χ2v) is 10.1. The molecule has 0 saturated heterocycles. The van der Waals surface area contributed by atoms with Gasteiger partial charge in [-0.05, 0) is 60.7 Å². The number of aromatic nitrogens is 4. The first kappa shape index (κ1) is 31.8. The van der Waals surface area contributed by atoms with E-state index in [9.17, 15) is 39.9 Å². The minimum Gasteiger partial charge on any atom is -0.485 e. The van der Waals surface area contributed by atoms with Crippen LogP contribution >= 0.6 is 22.6 Å². The van der Waals surface area contributed by atoms with Gasteiger partial charge >= 0.3 is 18.3 Å². The maximum absolute atomic E-state index is 14.0. The number of benzene rings is 1. The molecule has 2 N–H and O–H groups in total. The Balaban J connectivity index is 0.000000541. The van der Waals surface area contributed by atoms with Gasteiger partial charge in [0.15, 0.2) is 22.6 Å². The Labute approximate surface area is 249 Å². The maximum Gasteiger partial charge on any atom is 0.490 e. The van der Waals surface area contributed by atoms with Gasteiger partial charge in [0.2, 0.25) is 5.91 Å². The van der Waals surface area contributed by atoms with Crippen molar-refractivity contribution in [2.24, 2.45) is 0 Å². The molecule has 0 spiro atoms. The van der Waals surface area contributed by atoms with E-state index in [1.807, 2.05) is 0 Å². The molecule has 4 aromatic rings. The third-order valence-electron chi connectivity index (χ3n) is 6.29. The molecule has 1 unspecified atom stereocenters. The summed E-state index contributed by atoms with van der Waals surface area (Å²) in [5.74, 6) is -5.48. The van der Waals surface area contributed by atoms with Crippen molar-refractivity contribution in [3.63, 3.8) is 0 Å². The number of nitrogens with zero attached hydrogens (tertiary/aromatic N) is 4. The van der Waals surface area contributed by atoms with Crippen molar-refractivity contribution in [3.8, 4) is 17.3 Å². The number of carbonyl (C=O) groups excluding carboxylic acids is 1. The summed E-state index contributed by atoms with van der Waals surface area (Å²) in [4.78, 5) is 34.2. The van der Waals surface area contributed by atoms with Crippen LogP contribution in [0.5, 0.6) is 5.75 Å². The first-order chi connectivity index (χ1) is 19.9. The number of nitrogens with one attached hydrogen (secondary N) is 1. The maximum atomic E-state index is 14.0. The van der Waals surface area contributed by atoms with Crippen LogP contribution in [-0.2, 0) is 21.6 Å². The van der Waals surface area contributed by atoms with E-state index in [0.717, 1.165) is 19.1 Å². The number of alkyl halides is 6. The van der Waals surface area contributed by atoms with Gasteiger partial charge in [-0.2, -0.15) is 26.3 Å². The van der Waals surface area contributed by atoms with Crippen molar-refractivity contribution in [2.75, 3.05) is 5.32 Å². The Morgan fingerprint density at radius 1 is 1.07 bits per heavy atom. The number of imidazole rings is 1. The van der Waals surface area contributed by atoms with Crippen LogP contribution in [0.2, 0.25) is 0 Å². The molecule has 228 valence electrons. The molecular weight excluding hydrogens is 713 g/mol. The summed E-state index contributed by atoms with van der Waals surface area (Å²) in [5, 5.41) is 9.35. The molecule has 5 rings (SSSR count). The lowest BCUT2D eigenvalue weighted by molar-refractivity contribution is -0.192. The van der Waals surface area contributed by atoms with Gasteiger partial charge in [-0.25, -0.2) is 28.5 Å². The van der Waals surface area contributed by atoms with Crippen LogP contribution in [0.15, 0.2) is 36.5 Å². The van der Waals surface area contributed by atoms with Crippen LogP contribution in [0, 0.1) is 22.3 Å². The third kappa shape index (κ3) is 5.78. The summed E-state index contributed by atoms with van der Waals surface area (Å²) in [7, 11) is 0. The number of carboxylic acids is 1. The number of aliphatic carboxylic acids is 1. The van der Waals surface area contributed by atoms with Gasteiger partial charge in [-0.1, -0.05) is 6.07 Å². The molecule has 3 aromatic heterocycles. The van der Waals surface area contributed by atoms with Gasteiger partial charge in [0.05, 0.1) is 16.8 Å². The molecule has 1 aromatic carbocycles. The molecule has 1 aliphatic heterocycles. The van der Waals surface area contributed by atoms with E-state index in [4.69, 9.17) is 14.6 Å². The summed E-state index contributed by atoms with van der Waals surface area (Å²) in [6.07, 6.45) is -8.32. The number of carboxylic acid groups (broad SMARTS) is 1. The lowest BCUT2D eigenvalue weighted by Gasteiger charge is -2.25. The zero-order valence-corrected chi connectivity index (χ0v) is 23.7. The van der Waals surface area contributed by atoms with Crippen molar-refractivity contribution in [2.45, 2.75) is 38.2 Å². The van der Waals surface area contributed by atoms with E-state index in [0.29, 0.717) is 11.4 Å². The zero-order chi connectivity index (χ0) is 32.1. The van der Waals surface area contributed by atoms with Crippen LogP contribution in [0.1, 0.15) is 23.7 Å². The number of ether oxygens (including phenoxy) is 1. The zero-order valence-electron chi connectivity index (χ0n) is 21.5. The number of amides is 1. The monoisotopic (exact) mass is 729 g/mol. The molecule has 0 aliphatic carbocycles. The van der Waals surface area contributed by atoms with E-state index >= 15 is 0 Å². The minimum absolute atomic E-state index is 0.0344. The second-order valence-electron chi connectivity index (χ2n) is 9.04. The van der Waals surface area contributed by atoms with Gasteiger partial charge in [0.25, 0.3) is 0 Å². The normalized spacial score (nSPS) is 16.4. The van der Waals surface area contributed by atoms with Crippen LogP contribution in [-0.4, -0.2) is 48.7 Å². The highest BCUT2D eigenvalue weighted by atomic mass is 127. The Morgan fingerprint density at radius 2 is 1.67 bits per heavy atom. The number of halogens is 9. The number of aryl methyl sites for hydroxylation is 1. The molecule has 0 saturated carbocycles. The number of carbonyl (C=O) groups is 2. The summed E-state index contributed by atoms with van der Waals surface area (Å²) in [6.45, 7) is 2.04. The molecule has 0 fully saturated rings. The third-order valence-corrected chi connectivity index (χ3v) is 7.07. The largest absolute Gasteiger partial charge is 0.490 e. The van der Waals surface area contributed by atoms with Crippen molar-refractivity contribution < 1.29 is 54.6 Å². The number of hydrogen-bond donors (Lipinski definition) is 2. The molecule has 0 radical (unpaired) electrons. The van der Waals surface area contributed by atoms with E-state index in [-0.39, 0.29) is 37.9 Å². The molecule has 1 aliphatic rings. The fourth-order valence-electron chi connectivity index (χ4n) is 4.05. The predicted octanol–water partition coefficient (Wildman–Crippen LogP) is 5.97. The average Bonchev–Trinajstić information content (AvgIpc) is 3.37. The molecule has 18 heteroatoms. The van der Waals surface area contributed by atoms with Crippen molar-refractivity contribution in [1.82, 2.24) is 19.4 Å². The Bertz CT molecular complexity index is 1740. The minimum atomic E-state index is -5.08. The van der Waals surface area contributed by atoms with Crippen molar-refractivity contribution in [3.05, 3.63) is 68.7 Å². The number of hydrogen-bond acceptors (Lipinski definition) is 6. The lowest BCUT2D eigenvalue weighted by atomic mass is 9.84. The Morgan fingerprint density at radius 3 is 2.23 bits per heavy atom. The van der Waals surface area contributed by atoms with Crippen molar-refractivity contribution in [1.29, 1.82) is 0 Å². The Kier molecular flexibility index (Phi) is 8.28. The highest BCUT2D eigenvalue weighted by Gasteiger charge is 2.63. The van der Waals surface area contributed by atoms with Crippen LogP contribution in [0.3, 0.4) is 0 Å². The molecular formula is C25H16F8IN5O4. The second kappa shape index (κ2) is 11.2. The van der Waals surface area contributed by atoms with E-state index < -0.39 is 47.9 Å². The molecule has 0 bridgehead atoms. The van der Waals surface area contributed by atoms with E-state index in [1.165, 1.54) is 6.07 Å². The highest BCUT2D eigenvalue weighted by Crippen LogP contribution is 2.49. The number of fused-ring (bicyclic) bond motifs is 2. The van der Waals surface area contributed by atoms with Crippen LogP contribution in [0.4, 0.5) is 40.9 Å². The molecule has 43 heavy (non-hydrogen) atoms. The number of pyridine rings is 1. The van der Waals surface area contributed by atoms with E-state index in [2.05, 4.69) is 20.3 Å². The lowest BCUT2D eigenvalue weighted by Crippen LogP contribution is -2.45. The molecule has 4 heterocycles. The molecule has 1 atom stereocenters. The first-order valence-electron chi connectivity index (χ1n) is 11.7. The topological polar surface area (TPSA) is 119 Å². The molecule has 9 nitrogen and oxygen atoms in total. The standard InChI is InChI=1S/C23H15F5IN5O2.C2HF3O2/c1-10-16(19-31-17(29)15-18(32-19)33-21(35)22(15,2)23(26,27)28)34-8-4-7-14(20(34)30-10)36-9-11-12(24)5-3-6-13(11)25;3-2(4,5)1(6)7/h3-8H,9H2,1-2H3,(H,31,32,33,35);(H,6,7). The fraction of sp³-hybridized carbons (Fsp3) is 0.240. The van der Waals surface area contributed by atoms with Gasteiger partial charge in [-0.15, -0.1) is 0 Å². The van der Waals surface area contributed by atoms with Crippen LogP contribution in [0.25, 0.3) is 17.2 Å². The highest BCUT2D eigenvalue weighted by molar-refractivity contribution is 14.1. The smallest absolute Gasteiger partial charge is 0.485 e. The quantitative estimate of drug-likeness (QED) is 0.151. The van der Waals surface area contributed by atoms with Gasteiger partial charge in [-0.3, -0.25) is 9.20 Å². The summed E-state index contributed by atoms with van der Waals surface area (Å²) in [6, 6.07) is 6.65. The number of anilines is 1. The summed E-state index contributed by atoms with van der Waals surface area (Å²) >= 11 is 1.65. The van der Waals surface area contributed by atoms with Gasteiger partial charge in [0.1, 0.15) is 33.5 Å².